The Hall–Kier alpha value is -3.44. The van der Waals surface area contributed by atoms with Gasteiger partial charge in [-0.05, 0) is 29.3 Å². The zero-order chi connectivity index (χ0) is 21.9. The molecule has 0 unspecified atom stereocenters. The van der Waals surface area contributed by atoms with Gasteiger partial charge in [0.2, 0.25) is 0 Å². The van der Waals surface area contributed by atoms with Crippen molar-refractivity contribution in [1.82, 2.24) is 19.4 Å². The third kappa shape index (κ3) is 4.30. The second-order valence-electron chi connectivity index (χ2n) is 8.55. The fourth-order valence-corrected chi connectivity index (χ4v) is 4.55. The van der Waals surface area contributed by atoms with E-state index in [2.05, 4.69) is 76.2 Å². The Labute approximate surface area is 188 Å². The first-order valence-electron chi connectivity index (χ1n) is 11.2. The highest BCUT2D eigenvalue weighted by Gasteiger charge is 2.22. The Kier molecular flexibility index (Phi) is 5.73. The maximum Gasteiger partial charge on any atom is 0.255 e. The predicted octanol–water partition coefficient (Wildman–Crippen LogP) is 4.12. The molecule has 1 aliphatic rings. The van der Waals surface area contributed by atoms with Crippen molar-refractivity contribution >= 4 is 16.8 Å². The first-order valence-corrected chi connectivity index (χ1v) is 11.2. The van der Waals surface area contributed by atoms with E-state index in [0.717, 1.165) is 44.8 Å². The topological polar surface area (TPSA) is 41.4 Å². The second-order valence-corrected chi connectivity index (χ2v) is 8.55. The highest BCUT2D eigenvalue weighted by atomic mass is 16.2. The standard InChI is InChI=1S/C27H28N4O/c1-29-20-23(25-9-5-6-10-26(25)29)17-24-12-11-22(18-28-24)27(32)31-15-13-30(14-16-31)19-21-7-3-2-4-8-21/h2-12,18,20H,13-17,19H2,1H3. The number of aromatic nitrogens is 2. The highest BCUT2D eigenvalue weighted by molar-refractivity contribution is 5.94. The maximum atomic E-state index is 13.0. The first kappa shape index (κ1) is 20.5. The Balaban J connectivity index is 1.20. The molecule has 1 saturated heterocycles. The number of pyridine rings is 1. The van der Waals surface area contributed by atoms with E-state index in [4.69, 9.17) is 0 Å². The average molecular weight is 425 g/mol. The molecule has 3 heterocycles. The minimum Gasteiger partial charge on any atom is -0.350 e. The van der Waals surface area contributed by atoms with Gasteiger partial charge in [0.05, 0.1) is 5.56 Å². The molecule has 0 radical (unpaired) electrons. The van der Waals surface area contributed by atoms with Crippen molar-refractivity contribution in [2.75, 3.05) is 26.2 Å². The average Bonchev–Trinajstić information content (AvgIpc) is 3.16. The van der Waals surface area contributed by atoms with Crippen LogP contribution in [-0.2, 0) is 20.0 Å². The van der Waals surface area contributed by atoms with E-state index in [-0.39, 0.29) is 5.91 Å². The van der Waals surface area contributed by atoms with Crippen molar-refractivity contribution < 1.29 is 4.79 Å². The van der Waals surface area contributed by atoms with Crippen molar-refractivity contribution in [2.24, 2.45) is 7.05 Å². The zero-order valence-electron chi connectivity index (χ0n) is 18.4. The second kappa shape index (κ2) is 8.97. The molecule has 5 heteroatoms. The molecule has 2 aromatic carbocycles. The first-order chi connectivity index (χ1) is 15.7. The van der Waals surface area contributed by atoms with E-state index >= 15 is 0 Å². The zero-order valence-corrected chi connectivity index (χ0v) is 18.4. The summed E-state index contributed by atoms with van der Waals surface area (Å²) in [5, 5.41) is 1.25. The summed E-state index contributed by atoms with van der Waals surface area (Å²) in [5.74, 6) is 0.0774. The number of rotatable bonds is 5. The minimum atomic E-state index is 0.0774. The molecule has 0 saturated carbocycles. The van der Waals surface area contributed by atoms with E-state index in [1.807, 2.05) is 23.1 Å². The fourth-order valence-electron chi connectivity index (χ4n) is 4.55. The van der Waals surface area contributed by atoms with Gasteiger partial charge in [0.25, 0.3) is 5.91 Å². The normalized spacial score (nSPS) is 14.7. The number of benzene rings is 2. The third-order valence-corrected chi connectivity index (χ3v) is 6.33. The summed E-state index contributed by atoms with van der Waals surface area (Å²) in [6.45, 7) is 4.24. The van der Waals surface area contributed by atoms with Crippen LogP contribution in [0, 0.1) is 0 Å². The molecule has 0 bridgehead atoms. The molecule has 0 spiro atoms. The van der Waals surface area contributed by atoms with E-state index in [1.54, 1.807) is 6.20 Å². The highest BCUT2D eigenvalue weighted by Crippen LogP contribution is 2.22. The number of para-hydroxylation sites is 1. The molecule has 5 nitrogen and oxygen atoms in total. The van der Waals surface area contributed by atoms with E-state index < -0.39 is 0 Å². The molecule has 0 N–H and O–H groups in total. The Morgan fingerprint density at radius 3 is 2.41 bits per heavy atom. The van der Waals surface area contributed by atoms with Crippen LogP contribution in [0.2, 0.25) is 0 Å². The molecule has 4 aromatic rings. The SMILES string of the molecule is Cn1cc(Cc2ccc(C(=O)N3CCN(Cc4ccccc4)CC3)cn2)c2ccccc21. The lowest BCUT2D eigenvalue weighted by atomic mass is 10.1. The molecule has 2 aromatic heterocycles. The van der Waals surface area contributed by atoms with Gasteiger partial charge in [-0.1, -0.05) is 48.5 Å². The lowest BCUT2D eigenvalue weighted by Gasteiger charge is -2.34. The molecule has 32 heavy (non-hydrogen) atoms. The number of piperazine rings is 1. The van der Waals surface area contributed by atoms with Crippen LogP contribution < -0.4 is 0 Å². The van der Waals surface area contributed by atoms with Crippen LogP contribution in [0.5, 0.6) is 0 Å². The molecule has 162 valence electrons. The number of hydrogen-bond donors (Lipinski definition) is 0. The van der Waals surface area contributed by atoms with Crippen molar-refractivity contribution in [3.63, 3.8) is 0 Å². The van der Waals surface area contributed by atoms with Crippen LogP contribution in [0.25, 0.3) is 10.9 Å². The van der Waals surface area contributed by atoms with Crippen molar-refractivity contribution in [3.8, 4) is 0 Å². The lowest BCUT2D eigenvalue weighted by molar-refractivity contribution is 0.0628. The van der Waals surface area contributed by atoms with Gasteiger partial charge in [-0.3, -0.25) is 14.7 Å². The van der Waals surface area contributed by atoms with Gasteiger partial charge in [0, 0.05) is 75.2 Å². The van der Waals surface area contributed by atoms with E-state index in [9.17, 15) is 4.79 Å². The molecule has 0 atom stereocenters. The summed E-state index contributed by atoms with van der Waals surface area (Å²) >= 11 is 0. The third-order valence-electron chi connectivity index (χ3n) is 6.33. The predicted molar refractivity (Wildman–Crippen MR) is 128 cm³/mol. The van der Waals surface area contributed by atoms with E-state index in [1.165, 1.54) is 22.0 Å². The van der Waals surface area contributed by atoms with Gasteiger partial charge in [0.15, 0.2) is 0 Å². The van der Waals surface area contributed by atoms with Crippen LogP contribution in [0.15, 0.2) is 79.1 Å². The number of hydrogen-bond acceptors (Lipinski definition) is 3. The molecule has 1 amide bonds. The van der Waals surface area contributed by atoms with Gasteiger partial charge in [-0.15, -0.1) is 0 Å². The summed E-state index contributed by atoms with van der Waals surface area (Å²) in [5.41, 5.74) is 5.44. The summed E-state index contributed by atoms with van der Waals surface area (Å²) < 4.78 is 2.15. The maximum absolute atomic E-state index is 13.0. The Bertz CT molecular complexity index is 1210. The van der Waals surface area contributed by atoms with Gasteiger partial charge < -0.3 is 9.47 Å². The monoisotopic (exact) mass is 424 g/mol. The van der Waals surface area contributed by atoms with Crippen LogP contribution in [0.3, 0.4) is 0 Å². The Morgan fingerprint density at radius 2 is 1.66 bits per heavy atom. The number of carbonyl (C=O) groups is 1. The Morgan fingerprint density at radius 1 is 0.906 bits per heavy atom. The van der Waals surface area contributed by atoms with Crippen molar-refractivity contribution in [2.45, 2.75) is 13.0 Å². The van der Waals surface area contributed by atoms with Crippen LogP contribution in [-0.4, -0.2) is 51.4 Å². The number of aryl methyl sites for hydroxylation is 1. The summed E-state index contributed by atoms with van der Waals surface area (Å²) in [4.78, 5) is 21.9. The number of amides is 1. The number of carbonyl (C=O) groups excluding carboxylic acids is 1. The minimum absolute atomic E-state index is 0.0774. The molecular weight excluding hydrogens is 396 g/mol. The van der Waals surface area contributed by atoms with Crippen molar-refractivity contribution in [1.29, 1.82) is 0 Å². The quantitative estimate of drug-likeness (QED) is 0.484. The molecule has 0 aliphatic carbocycles. The van der Waals surface area contributed by atoms with Crippen LogP contribution >= 0.6 is 0 Å². The van der Waals surface area contributed by atoms with E-state index in [0.29, 0.717) is 5.56 Å². The van der Waals surface area contributed by atoms with Gasteiger partial charge in [-0.25, -0.2) is 0 Å². The van der Waals surface area contributed by atoms with Crippen LogP contribution in [0.4, 0.5) is 0 Å². The lowest BCUT2D eigenvalue weighted by Crippen LogP contribution is -2.48. The molecule has 5 rings (SSSR count). The van der Waals surface area contributed by atoms with Gasteiger partial charge >= 0.3 is 0 Å². The summed E-state index contributed by atoms with van der Waals surface area (Å²) in [7, 11) is 2.07. The molecule has 1 fully saturated rings. The molecule has 1 aliphatic heterocycles. The molecular formula is C27H28N4O. The smallest absolute Gasteiger partial charge is 0.255 e. The van der Waals surface area contributed by atoms with Gasteiger partial charge in [-0.2, -0.15) is 0 Å². The van der Waals surface area contributed by atoms with Crippen molar-refractivity contribution in [3.05, 3.63) is 102 Å². The van der Waals surface area contributed by atoms with Gasteiger partial charge in [0.1, 0.15) is 0 Å². The number of nitrogens with zero attached hydrogens (tertiary/aromatic N) is 4. The van der Waals surface area contributed by atoms with Crippen LogP contribution in [0.1, 0.15) is 27.2 Å². The summed E-state index contributed by atoms with van der Waals surface area (Å²) in [6, 6.07) is 22.8. The largest absolute Gasteiger partial charge is 0.350 e. The summed E-state index contributed by atoms with van der Waals surface area (Å²) in [6.07, 6.45) is 4.66. The fraction of sp³-hybridized carbons (Fsp3) is 0.259. The number of fused-ring (bicyclic) bond motifs is 1.